The molecule has 2 rings (SSSR count). The molecular weight excluding hydrogens is 344 g/mol. The van der Waals surface area contributed by atoms with E-state index in [4.69, 9.17) is 9.47 Å². The Hall–Kier alpha value is -2.04. The Kier molecular flexibility index (Phi) is 5.39. The molecule has 1 fully saturated rings. The van der Waals surface area contributed by atoms with E-state index in [2.05, 4.69) is 0 Å². The van der Waals surface area contributed by atoms with Crippen LogP contribution in [0.25, 0.3) is 0 Å². The van der Waals surface area contributed by atoms with E-state index in [1.54, 1.807) is 0 Å². The van der Waals surface area contributed by atoms with E-state index < -0.39 is 17.7 Å². The van der Waals surface area contributed by atoms with E-state index in [-0.39, 0.29) is 23.0 Å². The molecule has 0 amide bonds. The van der Waals surface area contributed by atoms with Crippen molar-refractivity contribution in [3.05, 3.63) is 28.3 Å². The van der Waals surface area contributed by atoms with Gasteiger partial charge in [-0.15, -0.1) is 0 Å². The van der Waals surface area contributed by atoms with Crippen molar-refractivity contribution >= 4 is 11.9 Å². The fraction of sp³-hybridized carbons (Fsp3) is 0.636. The minimum absolute atomic E-state index is 0.260. The molecule has 0 atom stereocenters. The zero-order valence-electron chi connectivity index (χ0n) is 17.8. The molecule has 1 saturated heterocycles. The first-order valence-electron chi connectivity index (χ1n) is 9.60. The van der Waals surface area contributed by atoms with Gasteiger partial charge in [0, 0.05) is 23.1 Å². The maximum atomic E-state index is 12.1. The first-order valence-corrected chi connectivity index (χ1v) is 9.60. The molecule has 0 radical (unpaired) electrons. The van der Waals surface area contributed by atoms with E-state index >= 15 is 0 Å². The molecule has 1 heterocycles. The number of phenolic OH excluding ortho intramolecular Hbond substituents is 1. The van der Waals surface area contributed by atoms with Crippen LogP contribution >= 0.6 is 0 Å². The Balaban J connectivity index is 2.93. The lowest BCUT2D eigenvalue weighted by Crippen LogP contribution is -2.43. The van der Waals surface area contributed by atoms with Crippen LogP contribution in [0.4, 0.5) is 0 Å². The largest absolute Gasteiger partial charge is 0.507 e. The molecule has 27 heavy (non-hydrogen) atoms. The summed E-state index contributed by atoms with van der Waals surface area (Å²) < 4.78 is 11.3. The molecule has 0 aliphatic carbocycles. The zero-order valence-corrected chi connectivity index (χ0v) is 17.8. The lowest BCUT2D eigenvalue weighted by atomic mass is 9.73. The van der Waals surface area contributed by atoms with Crippen LogP contribution in [0.1, 0.15) is 90.5 Å². The number of benzene rings is 1. The highest BCUT2D eigenvalue weighted by molar-refractivity contribution is 5.93. The summed E-state index contributed by atoms with van der Waals surface area (Å²) in [5.74, 6) is -2.36. The topological polar surface area (TPSA) is 72.8 Å². The van der Waals surface area contributed by atoms with Gasteiger partial charge in [0.05, 0.1) is 0 Å². The number of cyclic esters (lactones) is 2. The Labute approximate surface area is 162 Å². The minimum Gasteiger partial charge on any atom is -0.507 e. The number of esters is 2. The van der Waals surface area contributed by atoms with Crippen LogP contribution in [-0.4, -0.2) is 17.0 Å². The molecule has 5 heteroatoms. The first kappa shape index (κ1) is 21.3. The van der Waals surface area contributed by atoms with Crippen molar-refractivity contribution in [3.63, 3.8) is 0 Å². The van der Waals surface area contributed by atoms with Gasteiger partial charge in [-0.3, -0.25) is 9.59 Å². The SMILES string of the molecule is CCc1c(C2(CC)OC(=O)CC(=O)O2)cc(C(C)(C)C)c(O)c1C(C)(C)C. The summed E-state index contributed by atoms with van der Waals surface area (Å²) in [6, 6.07) is 1.85. The Morgan fingerprint density at radius 2 is 1.52 bits per heavy atom. The summed E-state index contributed by atoms with van der Waals surface area (Å²) in [6.07, 6.45) is 0.533. The van der Waals surface area contributed by atoms with Crippen molar-refractivity contribution in [2.45, 2.75) is 91.3 Å². The smallest absolute Gasteiger partial charge is 0.320 e. The van der Waals surface area contributed by atoms with E-state index in [0.29, 0.717) is 18.4 Å². The van der Waals surface area contributed by atoms with Gasteiger partial charge in [0.1, 0.15) is 12.2 Å². The molecule has 1 aliphatic heterocycles. The molecule has 0 saturated carbocycles. The van der Waals surface area contributed by atoms with Crippen LogP contribution in [-0.2, 0) is 42.1 Å². The normalized spacial score (nSPS) is 17.5. The quantitative estimate of drug-likeness (QED) is 0.616. The second-order valence-corrected chi connectivity index (χ2v) is 9.26. The Morgan fingerprint density at radius 1 is 1.00 bits per heavy atom. The number of carbonyl (C=O) groups is 2. The molecule has 5 nitrogen and oxygen atoms in total. The van der Waals surface area contributed by atoms with Crippen molar-refractivity contribution < 1.29 is 24.2 Å². The summed E-state index contributed by atoms with van der Waals surface area (Å²) in [5.41, 5.74) is 2.37. The summed E-state index contributed by atoms with van der Waals surface area (Å²) >= 11 is 0. The molecule has 0 unspecified atom stereocenters. The lowest BCUT2D eigenvalue weighted by molar-refractivity contribution is -0.251. The van der Waals surface area contributed by atoms with Crippen LogP contribution in [0.5, 0.6) is 5.75 Å². The number of ether oxygens (including phenoxy) is 2. The summed E-state index contributed by atoms with van der Waals surface area (Å²) in [6.45, 7) is 16.0. The summed E-state index contributed by atoms with van der Waals surface area (Å²) in [4.78, 5) is 24.2. The second-order valence-electron chi connectivity index (χ2n) is 9.26. The van der Waals surface area contributed by atoms with Crippen molar-refractivity contribution in [1.29, 1.82) is 0 Å². The number of rotatable bonds is 3. The molecule has 0 aromatic heterocycles. The highest BCUT2D eigenvalue weighted by Crippen LogP contribution is 2.47. The number of phenols is 1. The van der Waals surface area contributed by atoms with E-state index in [9.17, 15) is 14.7 Å². The number of hydrogen-bond donors (Lipinski definition) is 1. The van der Waals surface area contributed by atoms with Crippen molar-refractivity contribution in [2.75, 3.05) is 0 Å². The van der Waals surface area contributed by atoms with E-state index in [1.807, 2.05) is 61.5 Å². The number of hydrogen-bond acceptors (Lipinski definition) is 5. The third-order valence-electron chi connectivity index (χ3n) is 5.04. The predicted molar refractivity (Wildman–Crippen MR) is 104 cm³/mol. The van der Waals surface area contributed by atoms with Gasteiger partial charge < -0.3 is 14.6 Å². The van der Waals surface area contributed by atoms with Crippen molar-refractivity contribution in [3.8, 4) is 5.75 Å². The molecule has 1 N–H and O–H groups in total. The monoisotopic (exact) mass is 376 g/mol. The highest BCUT2D eigenvalue weighted by Gasteiger charge is 2.47. The van der Waals surface area contributed by atoms with Crippen LogP contribution in [0, 0.1) is 0 Å². The van der Waals surface area contributed by atoms with Crippen LogP contribution in [0.3, 0.4) is 0 Å². The van der Waals surface area contributed by atoms with Crippen LogP contribution < -0.4 is 0 Å². The van der Waals surface area contributed by atoms with Gasteiger partial charge in [0.25, 0.3) is 5.79 Å². The Morgan fingerprint density at radius 3 is 1.89 bits per heavy atom. The number of carbonyl (C=O) groups excluding carboxylic acids is 2. The predicted octanol–water partition coefficient (Wildman–Crippen LogP) is 4.60. The average Bonchev–Trinajstić information content (AvgIpc) is 2.50. The maximum Gasteiger partial charge on any atom is 0.320 e. The van der Waals surface area contributed by atoms with Gasteiger partial charge in [-0.25, -0.2) is 0 Å². The summed E-state index contributed by atoms with van der Waals surface area (Å²) in [5, 5.41) is 11.1. The third-order valence-corrected chi connectivity index (χ3v) is 5.04. The van der Waals surface area contributed by atoms with Crippen molar-refractivity contribution in [1.82, 2.24) is 0 Å². The van der Waals surface area contributed by atoms with Crippen molar-refractivity contribution in [2.24, 2.45) is 0 Å². The molecular formula is C22H32O5. The van der Waals surface area contributed by atoms with Crippen LogP contribution in [0.2, 0.25) is 0 Å². The van der Waals surface area contributed by atoms with Gasteiger partial charge in [-0.05, 0) is 28.9 Å². The highest BCUT2D eigenvalue weighted by atomic mass is 16.7. The molecule has 1 aliphatic rings. The van der Waals surface area contributed by atoms with E-state index in [1.165, 1.54) is 0 Å². The fourth-order valence-corrected chi connectivity index (χ4v) is 3.82. The lowest BCUT2D eigenvalue weighted by Gasteiger charge is -2.39. The molecule has 150 valence electrons. The number of aromatic hydroxyl groups is 1. The Bertz CT molecular complexity index is 746. The first-order chi connectivity index (χ1) is 12.3. The zero-order chi connectivity index (χ0) is 20.8. The van der Waals surface area contributed by atoms with Gasteiger partial charge in [-0.2, -0.15) is 0 Å². The molecule has 0 bridgehead atoms. The second kappa shape index (κ2) is 6.84. The molecule has 0 spiro atoms. The van der Waals surface area contributed by atoms with Gasteiger partial charge in [0.2, 0.25) is 0 Å². The molecule has 1 aromatic rings. The fourth-order valence-electron chi connectivity index (χ4n) is 3.82. The van der Waals surface area contributed by atoms with E-state index in [0.717, 1.165) is 16.7 Å². The molecule has 1 aromatic carbocycles. The third kappa shape index (κ3) is 3.83. The minimum atomic E-state index is -1.45. The van der Waals surface area contributed by atoms with Crippen LogP contribution in [0.15, 0.2) is 6.07 Å². The van der Waals surface area contributed by atoms with Gasteiger partial charge >= 0.3 is 11.9 Å². The standard InChI is InChI=1S/C22H32O5/c1-9-13-14(22(10-2)26-16(23)12-17(24)27-22)11-15(20(3,4)5)19(25)18(13)21(6,7)8/h11,25H,9-10,12H2,1-8H3. The maximum absolute atomic E-state index is 12.1. The van der Waals surface area contributed by atoms with Gasteiger partial charge in [-0.1, -0.05) is 55.4 Å². The van der Waals surface area contributed by atoms with Gasteiger partial charge in [0.15, 0.2) is 0 Å². The summed E-state index contributed by atoms with van der Waals surface area (Å²) in [7, 11) is 0. The average molecular weight is 376 g/mol.